The van der Waals surface area contributed by atoms with Crippen LogP contribution in [0.4, 0.5) is 17.1 Å². The average molecular weight is 361 g/mol. The molecule has 0 atom stereocenters. The molecule has 2 N–H and O–H groups in total. The van der Waals surface area contributed by atoms with E-state index in [1.807, 2.05) is 29.2 Å². The van der Waals surface area contributed by atoms with Crippen molar-refractivity contribution in [3.8, 4) is 11.5 Å². The lowest BCUT2D eigenvalue weighted by Crippen LogP contribution is -2.29. The molecule has 130 valence electrons. The van der Waals surface area contributed by atoms with E-state index in [4.69, 9.17) is 20.7 Å². The zero-order valence-corrected chi connectivity index (χ0v) is 14.5. The lowest BCUT2D eigenvalue weighted by atomic mass is 10.1. The molecule has 0 aromatic heterocycles. The van der Waals surface area contributed by atoms with Crippen molar-refractivity contribution in [2.45, 2.75) is 0 Å². The fraction of sp³-hybridized carbons (Fsp3) is 0.188. The first-order valence-electron chi connectivity index (χ1n) is 7.17. The first-order valence-corrected chi connectivity index (χ1v) is 7.17. The number of methoxy groups -OCH3 is 2. The minimum absolute atomic E-state index is 0. The number of aliphatic imine (C=N–C) groups is 1. The predicted octanol–water partition coefficient (Wildman–Crippen LogP) is 3.88. The Morgan fingerprint density at radius 2 is 1.80 bits per heavy atom. The molecule has 25 heavy (non-hydrogen) atoms. The summed E-state index contributed by atoms with van der Waals surface area (Å²) in [6.45, 7) is 0.384. The van der Waals surface area contributed by atoms with Crippen LogP contribution in [0.5, 0.6) is 11.5 Å². The Hall–Kier alpha value is -3.09. The molecule has 0 saturated carbocycles. The first kappa shape index (κ1) is 18.3. The van der Waals surface area contributed by atoms with Gasteiger partial charge in [-0.15, -0.1) is 12.4 Å². The third-order valence-corrected chi connectivity index (χ3v) is 3.77. The highest BCUT2D eigenvalue weighted by atomic mass is 35.5. The van der Waals surface area contributed by atoms with Crippen molar-refractivity contribution in [1.29, 1.82) is 0 Å². The summed E-state index contributed by atoms with van der Waals surface area (Å²) in [5.74, 6) is 1.66. The second-order valence-electron chi connectivity index (χ2n) is 5.04. The Labute approximate surface area is 150 Å². The molecule has 2 aromatic rings. The lowest BCUT2D eigenvalue weighted by Gasteiger charge is -2.30. The molecule has 0 aliphatic carbocycles. The molecule has 0 bridgehead atoms. The molecule has 0 amide bonds. The minimum Gasteiger partial charge on any atom is -0.493 e. The van der Waals surface area contributed by atoms with E-state index in [0.717, 1.165) is 16.9 Å². The second-order valence-corrected chi connectivity index (χ2v) is 5.04. The van der Waals surface area contributed by atoms with Gasteiger partial charge in [0.1, 0.15) is 12.5 Å². The maximum atomic E-state index is 8.49. The van der Waals surface area contributed by atoms with E-state index < -0.39 is 0 Å². The van der Waals surface area contributed by atoms with Gasteiger partial charge in [-0.1, -0.05) is 17.2 Å². The Balaban J connectivity index is 0.00000225. The van der Waals surface area contributed by atoms with Gasteiger partial charge in [0.15, 0.2) is 11.5 Å². The number of amidine groups is 1. The van der Waals surface area contributed by atoms with Gasteiger partial charge in [0.2, 0.25) is 0 Å². The number of hydrogen-bond acceptors (Lipinski definition) is 6. The Morgan fingerprint density at radius 1 is 1.16 bits per heavy atom. The summed E-state index contributed by atoms with van der Waals surface area (Å²) < 4.78 is 10.7. The topological polar surface area (TPSA) is 109 Å². The summed E-state index contributed by atoms with van der Waals surface area (Å²) in [5, 5.41) is 3.58. The quantitative estimate of drug-likeness (QED) is 0.506. The maximum Gasteiger partial charge on any atom is 0.162 e. The molecule has 0 radical (unpaired) electrons. The zero-order valence-electron chi connectivity index (χ0n) is 13.7. The van der Waals surface area contributed by atoms with Crippen molar-refractivity contribution in [1.82, 2.24) is 0 Å². The number of hydrogen-bond donors (Lipinski definition) is 1. The summed E-state index contributed by atoms with van der Waals surface area (Å²) >= 11 is 0. The third kappa shape index (κ3) is 3.40. The van der Waals surface area contributed by atoms with Crippen molar-refractivity contribution in [3.63, 3.8) is 0 Å². The number of nitrogens with two attached hydrogens (primary N) is 1. The van der Waals surface area contributed by atoms with Crippen molar-refractivity contribution >= 4 is 35.3 Å². The SMILES string of the molecule is COc1cc2c(cc1OC)N(c1ccc(N=[N+]=[N-])cc1)CN=C2N.Cl. The van der Waals surface area contributed by atoms with Crippen molar-refractivity contribution in [3.05, 3.63) is 52.4 Å². The summed E-state index contributed by atoms with van der Waals surface area (Å²) in [4.78, 5) is 9.13. The Morgan fingerprint density at radius 3 is 2.40 bits per heavy atom. The Bertz CT molecular complexity index is 846. The van der Waals surface area contributed by atoms with Crippen LogP contribution in [0.15, 0.2) is 46.5 Å². The van der Waals surface area contributed by atoms with Crippen LogP contribution in [0.1, 0.15) is 5.56 Å². The van der Waals surface area contributed by atoms with E-state index in [1.165, 1.54) is 0 Å². The summed E-state index contributed by atoms with van der Waals surface area (Å²) in [6.07, 6.45) is 0. The molecule has 0 spiro atoms. The van der Waals surface area contributed by atoms with Crippen LogP contribution in [0.25, 0.3) is 10.4 Å². The van der Waals surface area contributed by atoms with Gasteiger partial charge in [-0.3, -0.25) is 0 Å². The van der Waals surface area contributed by atoms with Crippen LogP contribution in [-0.2, 0) is 0 Å². The fourth-order valence-electron chi connectivity index (χ4n) is 2.58. The zero-order chi connectivity index (χ0) is 17.1. The number of azide groups is 1. The van der Waals surface area contributed by atoms with E-state index in [-0.39, 0.29) is 12.4 Å². The third-order valence-electron chi connectivity index (χ3n) is 3.77. The number of anilines is 2. The van der Waals surface area contributed by atoms with Crippen LogP contribution in [-0.4, -0.2) is 26.7 Å². The molecule has 1 aliphatic rings. The van der Waals surface area contributed by atoms with Crippen LogP contribution in [0.3, 0.4) is 0 Å². The molecule has 2 aromatic carbocycles. The normalized spacial score (nSPS) is 12.2. The fourth-order valence-corrected chi connectivity index (χ4v) is 2.58. The molecule has 8 nitrogen and oxygen atoms in total. The van der Waals surface area contributed by atoms with Crippen molar-refractivity contribution in [2.24, 2.45) is 15.8 Å². The summed E-state index contributed by atoms with van der Waals surface area (Å²) in [5.41, 5.74) is 17.6. The minimum atomic E-state index is 0. The second kappa shape index (κ2) is 7.65. The van der Waals surface area contributed by atoms with E-state index in [0.29, 0.717) is 29.7 Å². The number of halogens is 1. The van der Waals surface area contributed by atoms with Gasteiger partial charge in [0, 0.05) is 27.9 Å². The first-order chi connectivity index (χ1) is 11.7. The molecule has 1 heterocycles. The summed E-state index contributed by atoms with van der Waals surface area (Å²) in [6, 6.07) is 10.9. The Kier molecular flexibility index (Phi) is 5.59. The highest BCUT2D eigenvalue weighted by Crippen LogP contribution is 2.39. The molecule has 0 saturated heterocycles. The maximum absolute atomic E-state index is 8.49. The van der Waals surface area contributed by atoms with Crippen molar-refractivity contribution in [2.75, 3.05) is 25.8 Å². The molecule has 3 rings (SSSR count). The van der Waals surface area contributed by atoms with Crippen LogP contribution in [0.2, 0.25) is 0 Å². The van der Waals surface area contributed by atoms with E-state index in [9.17, 15) is 0 Å². The van der Waals surface area contributed by atoms with E-state index >= 15 is 0 Å². The highest BCUT2D eigenvalue weighted by molar-refractivity contribution is 6.05. The van der Waals surface area contributed by atoms with Gasteiger partial charge in [0.25, 0.3) is 0 Å². The van der Waals surface area contributed by atoms with Crippen LogP contribution in [0, 0.1) is 0 Å². The monoisotopic (exact) mass is 360 g/mol. The molecule has 9 heteroatoms. The van der Waals surface area contributed by atoms with Gasteiger partial charge >= 0.3 is 0 Å². The van der Waals surface area contributed by atoms with Gasteiger partial charge < -0.3 is 20.1 Å². The van der Waals surface area contributed by atoms with Gasteiger partial charge in [-0.2, -0.15) is 0 Å². The van der Waals surface area contributed by atoms with E-state index in [2.05, 4.69) is 15.0 Å². The number of nitrogens with zero attached hydrogens (tertiary/aromatic N) is 5. The average Bonchev–Trinajstić information content (AvgIpc) is 2.62. The number of fused-ring (bicyclic) bond motifs is 1. The van der Waals surface area contributed by atoms with Gasteiger partial charge in [-0.25, -0.2) is 4.99 Å². The van der Waals surface area contributed by atoms with Gasteiger partial charge in [-0.05, 0) is 23.7 Å². The summed E-state index contributed by atoms with van der Waals surface area (Å²) in [7, 11) is 3.16. The van der Waals surface area contributed by atoms with Crippen molar-refractivity contribution < 1.29 is 9.47 Å². The molecule has 1 aliphatic heterocycles. The predicted molar refractivity (Wildman–Crippen MR) is 99.8 cm³/mol. The number of benzene rings is 2. The smallest absolute Gasteiger partial charge is 0.162 e. The number of rotatable bonds is 4. The van der Waals surface area contributed by atoms with Crippen LogP contribution < -0.4 is 20.1 Å². The largest absolute Gasteiger partial charge is 0.493 e. The van der Waals surface area contributed by atoms with Gasteiger partial charge in [0.05, 0.1) is 19.9 Å². The van der Waals surface area contributed by atoms with E-state index in [1.54, 1.807) is 26.4 Å². The highest BCUT2D eigenvalue weighted by Gasteiger charge is 2.23. The number of ether oxygens (including phenoxy) is 2. The molecular formula is C16H17ClN6O2. The molecule has 0 unspecified atom stereocenters. The van der Waals surface area contributed by atoms with Crippen LogP contribution >= 0.6 is 12.4 Å². The molecular weight excluding hydrogens is 344 g/mol. The standard InChI is InChI=1S/C16H16N6O2.ClH/c1-23-14-7-12-13(8-15(14)24-2)22(9-19-16(12)17)11-5-3-10(4-6-11)20-21-18;/h3-8H,9H2,1-2H3,(H2,17,19);1H. The molecule has 0 fully saturated rings. The lowest BCUT2D eigenvalue weighted by molar-refractivity contribution is 0.355.